The van der Waals surface area contributed by atoms with Crippen LogP contribution in [0.1, 0.15) is 0 Å². The molecular weight excluding hydrogens is 346 g/mol. The Morgan fingerprint density at radius 1 is 1.16 bits per heavy atom. The molecule has 0 bridgehead atoms. The van der Waals surface area contributed by atoms with Gasteiger partial charge in [-0.15, -0.1) is 0 Å². The summed E-state index contributed by atoms with van der Waals surface area (Å²) in [6.07, 6.45) is 0. The number of hydrogen-bond donors (Lipinski definition) is 2. The second-order valence-corrected chi connectivity index (χ2v) is 6.92. The summed E-state index contributed by atoms with van der Waals surface area (Å²) < 4.78 is 27.8. The van der Waals surface area contributed by atoms with Gasteiger partial charge in [-0.3, -0.25) is 14.5 Å². The number of carbonyl (C=O) groups is 2. The van der Waals surface area contributed by atoms with E-state index in [4.69, 9.17) is 9.88 Å². The molecule has 0 aromatic heterocycles. The van der Waals surface area contributed by atoms with Gasteiger partial charge in [-0.2, -0.15) is 0 Å². The standard InChI is InChI=1S/C16H15N3O5S/c17-25(22,23)12-7-5-11(6-8-12)18-15(20)9-19-13-3-1-2-4-14(13)24-10-16(19)21/h1-8H,9-10H2,(H,18,20)(H2,17,22,23). The Balaban J connectivity index is 1.72. The van der Waals surface area contributed by atoms with Crippen molar-refractivity contribution in [2.24, 2.45) is 5.14 Å². The van der Waals surface area contributed by atoms with Crippen LogP contribution in [0.5, 0.6) is 5.75 Å². The van der Waals surface area contributed by atoms with Crippen molar-refractivity contribution in [1.29, 1.82) is 0 Å². The van der Waals surface area contributed by atoms with Crippen LogP contribution in [0.25, 0.3) is 0 Å². The molecule has 1 heterocycles. The molecule has 3 N–H and O–H groups in total. The molecule has 0 spiro atoms. The Hall–Kier alpha value is -2.91. The first-order valence-corrected chi connectivity index (χ1v) is 8.84. The van der Waals surface area contributed by atoms with Gasteiger partial charge in [-0.25, -0.2) is 13.6 Å². The minimum absolute atomic E-state index is 0.0530. The van der Waals surface area contributed by atoms with Crippen LogP contribution in [-0.2, 0) is 19.6 Å². The number of anilines is 2. The van der Waals surface area contributed by atoms with Gasteiger partial charge in [0.05, 0.1) is 10.6 Å². The fourth-order valence-electron chi connectivity index (χ4n) is 2.40. The lowest BCUT2D eigenvalue weighted by atomic mass is 10.2. The minimum Gasteiger partial charge on any atom is -0.482 e. The number of rotatable bonds is 4. The predicted octanol–water partition coefficient (Wildman–Crippen LogP) is 0.698. The molecule has 8 nitrogen and oxygen atoms in total. The van der Waals surface area contributed by atoms with E-state index in [9.17, 15) is 18.0 Å². The Morgan fingerprint density at radius 3 is 2.52 bits per heavy atom. The van der Waals surface area contributed by atoms with E-state index >= 15 is 0 Å². The molecule has 25 heavy (non-hydrogen) atoms. The topological polar surface area (TPSA) is 119 Å². The molecule has 0 saturated carbocycles. The maximum absolute atomic E-state index is 12.2. The molecule has 3 rings (SSSR count). The van der Waals surface area contributed by atoms with E-state index in [-0.39, 0.29) is 24.0 Å². The van der Waals surface area contributed by atoms with Crippen LogP contribution in [0.3, 0.4) is 0 Å². The van der Waals surface area contributed by atoms with Gasteiger partial charge in [0, 0.05) is 5.69 Å². The van der Waals surface area contributed by atoms with Crippen LogP contribution in [-0.4, -0.2) is 33.4 Å². The Bertz CT molecular complexity index is 925. The van der Waals surface area contributed by atoms with Crippen LogP contribution in [0, 0.1) is 0 Å². The van der Waals surface area contributed by atoms with Crippen molar-refractivity contribution in [3.8, 4) is 5.75 Å². The van der Waals surface area contributed by atoms with Crippen molar-refractivity contribution in [3.05, 3.63) is 48.5 Å². The van der Waals surface area contributed by atoms with E-state index in [0.717, 1.165) is 0 Å². The maximum atomic E-state index is 12.2. The summed E-state index contributed by atoms with van der Waals surface area (Å²) in [5.41, 5.74) is 0.921. The summed E-state index contributed by atoms with van der Waals surface area (Å²) in [5, 5.41) is 7.63. The van der Waals surface area contributed by atoms with Gasteiger partial charge in [0.1, 0.15) is 12.3 Å². The van der Waals surface area contributed by atoms with Crippen LogP contribution in [0.4, 0.5) is 11.4 Å². The number of primary sulfonamides is 1. The minimum atomic E-state index is -3.79. The Labute approximate surface area is 144 Å². The van der Waals surface area contributed by atoms with Crippen molar-refractivity contribution in [2.75, 3.05) is 23.4 Å². The average Bonchev–Trinajstić information content (AvgIpc) is 2.57. The number of ether oxygens (including phenoxy) is 1. The summed E-state index contributed by atoms with van der Waals surface area (Å²) >= 11 is 0. The second-order valence-electron chi connectivity index (χ2n) is 5.35. The highest BCUT2D eigenvalue weighted by Gasteiger charge is 2.26. The molecule has 0 saturated heterocycles. The second kappa shape index (κ2) is 6.54. The summed E-state index contributed by atoms with van der Waals surface area (Å²) in [5.74, 6) is -0.209. The SMILES string of the molecule is NS(=O)(=O)c1ccc(NC(=O)CN2C(=O)COc3ccccc32)cc1. The molecule has 0 radical (unpaired) electrons. The fraction of sp³-hybridized carbons (Fsp3) is 0.125. The summed E-state index contributed by atoms with van der Waals surface area (Å²) in [6.45, 7) is -0.316. The van der Waals surface area contributed by atoms with Gasteiger partial charge in [-0.1, -0.05) is 12.1 Å². The largest absolute Gasteiger partial charge is 0.482 e. The number of hydrogen-bond acceptors (Lipinski definition) is 5. The van der Waals surface area contributed by atoms with Crippen LogP contribution in [0.2, 0.25) is 0 Å². The zero-order chi connectivity index (χ0) is 18.0. The molecule has 1 aliphatic rings. The van der Waals surface area contributed by atoms with Gasteiger partial charge in [-0.05, 0) is 36.4 Å². The first kappa shape index (κ1) is 16.9. The molecular formula is C16H15N3O5S. The van der Waals surface area contributed by atoms with E-state index in [1.807, 2.05) is 0 Å². The number of para-hydroxylation sites is 2. The molecule has 0 aliphatic carbocycles. The molecule has 0 unspecified atom stereocenters. The van der Waals surface area contributed by atoms with Crippen molar-refractivity contribution < 1.29 is 22.7 Å². The Kier molecular flexibility index (Phi) is 4.43. The van der Waals surface area contributed by atoms with Crippen molar-refractivity contribution in [3.63, 3.8) is 0 Å². The van der Waals surface area contributed by atoms with Crippen LogP contribution < -0.4 is 20.1 Å². The summed E-state index contributed by atoms with van der Waals surface area (Å²) in [6, 6.07) is 12.4. The van der Waals surface area contributed by atoms with Gasteiger partial charge < -0.3 is 10.1 Å². The molecule has 0 fully saturated rings. The van der Waals surface area contributed by atoms with Crippen molar-refractivity contribution in [2.45, 2.75) is 4.90 Å². The van der Waals surface area contributed by atoms with Crippen LogP contribution in [0.15, 0.2) is 53.4 Å². The zero-order valence-electron chi connectivity index (χ0n) is 13.0. The molecule has 2 aromatic rings. The lowest BCUT2D eigenvalue weighted by molar-refractivity contribution is -0.123. The first-order valence-electron chi connectivity index (χ1n) is 7.29. The molecule has 0 atom stereocenters. The number of nitrogens with zero attached hydrogens (tertiary/aromatic N) is 1. The molecule has 9 heteroatoms. The monoisotopic (exact) mass is 361 g/mol. The van der Waals surface area contributed by atoms with E-state index in [2.05, 4.69) is 5.32 Å². The number of fused-ring (bicyclic) bond motifs is 1. The average molecular weight is 361 g/mol. The van der Waals surface area contributed by atoms with E-state index < -0.39 is 15.9 Å². The fourth-order valence-corrected chi connectivity index (χ4v) is 2.91. The quantitative estimate of drug-likeness (QED) is 0.831. The molecule has 130 valence electrons. The number of nitrogens with two attached hydrogens (primary N) is 1. The third-order valence-electron chi connectivity index (χ3n) is 3.58. The van der Waals surface area contributed by atoms with E-state index in [0.29, 0.717) is 17.1 Å². The third-order valence-corrected chi connectivity index (χ3v) is 4.51. The van der Waals surface area contributed by atoms with Gasteiger partial charge in [0.15, 0.2) is 6.61 Å². The van der Waals surface area contributed by atoms with Crippen molar-refractivity contribution in [1.82, 2.24) is 0 Å². The maximum Gasteiger partial charge on any atom is 0.265 e. The molecule has 1 aliphatic heterocycles. The normalized spacial score (nSPS) is 13.8. The zero-order valence-corrected chi connectivity index (χ0v) is 13.8. The first-order chi connectivity index (χ1) is 11.8. The highest BCUT2D eigenvalue weighted by Crippen LogP contribution is 2.31. The van der Waals surface area contributed by atoms with Gasteiger partial charge in [0.25, 0.3) is 5.91 Å². The van der Waals surface area contributed by atoms with E-state index in [1.165, 1.54) is 29.2 Å². The van der Waals surface area contributed by atoms with Crippen LogP contribution >= 0.6 is 0 Å². The van der Waals surface area contributed by atoms with Gasteiger partial charge >= 0.3 is 0 Å². The third kappa shape index (κ3) is 3.78. The summed E-state index contributed by atoms with van der Waals surface area (Å²) in [7, 11) is -3.79. The number of benzene rings is 2. The molecule has 2 aromatic carbocycles. The van der Waals surface area contributed by atoms with Crippen molar-refractivity contribution >= 4 is 33.2 Å². The number of amides is 2. The predicted molar refractivity (Wildman–Crippen MR) is 90.7 cm³/mol. The smallest absolute Gasteiger partial charge is 0.265 e. The number of sulfonamides is 1. The lowest BCUT2D eigenvalue weighted by Crippen LogP contribution is -2.43. The summed E-state index contributed by atoms with van der Waals surface area (Å²) in [4.78, 5) is 25.6. The number of nitrogens with one attached hydrogen (secondary N) is 1. The number of carbonyl (C=O) groups excluding carboxylic acids is 2. The lowest BCUT2D eigenvalue weighted by Gasteiger charge is -2.28. The Morgan fingerprint density at radius 2 is 1.84 bits per heavy atom. The highest BCUT2D eigenvalue weighted by molar-refractivity contribution is 7.89. The van der Waals surface area contributed by atoms with Gasteiger partial charge in [0.2, 0.25) is 15.9 Å². The van der Waals surface area contributed by atoms with E-state index in [1.54, 1.807) is 24.3 Å². The molecule has 2 amide bonds. The highest BCUT2D eigenvalue weighted by atomic mass is 32.2.